The molecule has 0 aliphatic carbocycles. The van der Waals surface area contributed by atoms with Crippen LogP contribution in [0.3, 0.4) is 0 Å². The number of aliphatic carboxylic acids is 1. The Balaban J connectivity index is 2.06. The average molecular weight is 378 g/mol. The zero-order chi connectivity index (χ0) is 20.4. The lowest BCUT2D eigenvalue weighted by Crippen LogP contribution is -2.53. The molecule has 9 heteroatoms. The van der Waals surface area contributed by atoms with E-state index in [0.717, 1.165) is 5.56 Å². The van der Waals surface area contributed by atoms with E-state index in [1.54, 1.807) is 52.0 Å². The number of benzene rings is 1. The van der Waals surface area contributed by atoms with Crippen molar-refractivity contribution in [3.8, 4) is 0 Å². The SMILES string of the molecule is CC1(C)N([O])C(C[C@H](NC(=O)OCc2ccccc2)C(=O)O)=[N+]([O-])C1(C)C. The molecule has 0 aromatic heterocycles. The summed E-state index contributed by atoms with van der Waals surface area (Å²) in [5.41, 5.74) is -1.37. The third-order valence-corrected chi connectivity index (χ3v) is 5.17. The van der Waals surface area contributed by atoms with Crippen LogP contribution < -0.4 is 5.32 Å². The lowest BCUT2D eigenvalue weighted by molar-refractivity contribution is -0.540. The molecule has 1 aromatic rings. The van der Waals surface area contributed by atoms with E-state index in [4.69, 9.17) is 4.74 Å². The Labute approximate surface area is 157 Å². The van der Waals surface area contributed by atoms with E-state index in [-0.39, 0.29) is 12.4 Å². The number of carboxylic acid groups (broad SMARTS) is 1. The molecule has 1 aliphatic rings. The summed E-state index contributed by atoms with van der Waals surface area (Å²) in [5, 5.41) is 37.1. The van der Waals surface area contributed by atoms with Gasteiger partial charge < -0.3 is 20.4 Å². The Bertz CT molecular complexity index is 745. The largest absolute Gasteiger partial charge is 0.715 e. The zero-order valence-electron chi connectivity index (χ0n) is 15.8. The van der Waals surface area contributed by atoms with E-state index >= 15 is 0 Å². The van der Waals surface area contributed by atoms with E-state index in [9.17, 15) is 25.1 Å². The van der Waals surface area contributed by atoms with Crippen molar-refractivity contribution in [2.24, 2.45) is 0 Å². The number of rotatable bonds is 6. The van der Waals surface area contributed by atoms with Gasteiger partial charge in [-0.15, -0.1) is 0 Å². The van der Waals surface area contributed by atoms with Gasteiger partial charge in [0, 0.05) is 5.21 Å². The van der Waals surface area contributed by atoms with E-state index in [1.165, 1.54) is 0 Å². The average Bonchev–Trinajstić information content (AvgIpc) is 2.72. The molecule has 27 heavy (non-hydrogen) atoms. The van der Waals surface area contributed by atoms with Crippen molar-refractivity contribution in [2.45, 2.75) is 57.8 Å². The quantitative estimate of drug-likeness (QED) is 0.575. The van der Waals surface area contributed by atoms with Crippen LogP contribution in [-0.4, -0.2) is 49.9 Å². The predicted octanol–water partition coefficient (Wildman–Crippen LogP) is 1.88. The van der Waals surface area contributed by atoms with Crippen LogP contribution in [0.1, 0.15) is 39.7 Å². The van der Waals surface area contributed by atoms with Crippen LogP contribution in [0.5, 0.6) is 0 Å². The molecule has 2 N–H and O–H groups in total. The summed E-state index contributed by atoms with van der Waals surface area (Å²) in [6, 6.07) is 7.41. The standard InChI is InChI=1S/C18H24N3O6/c1-17(2)18(3,4)21(26)14(20(17)25)10-13(15(22)23)19-16(24)27-11-12-8-6-5-7-9-12/h5-9,13H,10-11H2,1-4H3,(H,19,24)(H,22,23)/t13-/m0/s1. The number of carbonyl (C=O) groups is 2. The lowest BCUT2D eigenvalue weighted by atomic mass is 9.84. The molecule has 1 amide bonds. The fraction of sp³-hybridized carbons (Fsp3) is 0.500. The second-order valence-electron chi connectivity index (χ2n) is 7.42. The van der Waals surface area contributed by atoms with Crippen molar-refractivity contribution in [2.75, 3.05) is 0 Å². The molecule has 9 nitrogen and oxygen atoms in total. The Morgan fingerprint density at radius 1 is 1.26 bits per heavy atom. The number of hydroxylamine groups is 3. The van der Waals surface area contributed by atoms with Gasteiger partial charge in [-0.25, -0.2) is 9.59 Å². The van der Waals surface area contributed by atoms with Gasteiger partial charge in [0.1, 0.15) is 18.2 Å². The number of hydrogen-bond acceptors (Lipinski definition) is 5. The minimum Gasteiger partial charge on any atom is -0.715 e. The summed E-state index contributed by atoms with van der Waals surface area (Å²) in [4.78, 5) is 23.4. The summed E-state index contributed by atoms with van der Waals surface area (Å²) in [6.07, 6.45) is -1.39. The van der Waals surface area contributed by atoms with Crippen LogP contribution in [-0.2, 0) is 21.3 Å². The molecule has 0 saturated carbocycles. The maximum absolute atomic E-state index is 12.5. The van der Waals surface area contributed by atoms with Gasteiger partial charge in [-0.3, -0.25) is 4.74 Å². The molecule has 1 radical (unpaired) electrons. The van der Waals surface area contributed by atoms with Gasteiger partial charge in [0.15, 0.2) is 5.54 Å². The second kappa shape index (κ2) is 7.43. The molecule has 2 rings (SSSR count). The van der Waals surface area contributed by atoms with Gasteiger partial charge in [0.2, 0.25) is 0 Å². The molecule has 147 valence electrons. The first kappa shape index (κ1) is 20.5. The summed E-state index contributed by atoms with van der Waals surface area (Å²) < 4.78 is 5.52. The fourth-order valence-electron chi connectivity index (χ4n) is 2.68. The van der Waals surface area contributed by atoms with E-state index < -0.39 is 35.6 Å². The molecule has 1 heterocycles. The van der Waals surface area contributed by atoms with Crippen LogP contribution in [0.15, 0.2) is 30.3 Å². The van der Waals surface area contributed by atoms with Crippen molar-refractivity contribution in [3.63, 3.8) is 0 Å². The normalized spacial score (nSPS) is 18.9. The van der Waals surface area contributed by atoms with Crippen LogP contribution in [0.2, 0.25) is 0 Å². The van der Waals surface area contributed by atoms with Crippen LogP contribution >= 0.6 is 0 Å². The maximum atomic E-state index is 12.5. The van der Waals surface area contributed by atoms with Crippen LogP contribution in [0.4, 0.5) is 4.79 Å². The van der Waals surface area contributed by atoms with Crippen LogP contribution in [0.25, 0.3) is 0 Å². The van der Waals surface area contributed by atoms with Crippen molar-refractivity contribution < 1.29 is 29.4 Å². The Hall–Kier alpha value is -2.81. The number of amidine groups is 1. The zero-order valence-corrected chi connectivity index (χ0v) is 15.8. The van der Waals surface area contributed by atoms with E-state index in [0.29, 0.717) is 9.80 Å². The van der Waals surface area contributed by atoms with E-state index in [2.05, 4.69) is 5.32 Å². The summed E-state index contributed by atoms with van der Waals surface area (Å²) in [5.74, 6) is -1.62. The predicted molar refractivity (Wildman–Crippen MR) is 95.1 cm³/mol. The molecule has 1 atom stereocenters. The molecule has 1 aliphatic heterocycles. The van der Waals surface area contributed by atoms with Crippen molar-refractivity contribution in [1.82, 2.24) is 10.4 Å². The van der Waals surface area contributed by atoms with Crippen LogP contribution in [0, 0.1) is 5.21 Å². The van der Waals surface area contributed by atoms with Crippen molar-refractivity contribution >= 4 is 17.9 Å². The molecule has 0 bridgehead atoms. The fourth-order valence-corrected chi connectivity index (χ4v) is 2.68. The first-order valence-electron chi connectivity index (χ1n) is 8.49. The van der Waals surface area contributed by atoms with Crippen molar-refractivity contribution in [3.05, 3.63) is 41.1 Å². The molecule has 0 saturated heterocycles. The number of carbonyl (C=O) groups excluding carboxylic acids is 1. The minimum atomic E-state index is -1.47. The highest BCUT2D eigenvalue weighted by atomic mass is 16.6. The third-order valence-electron chi connectivity index (χ3n) is 5.17. The maximum Gasteiger partial charge on any atom is 0.408 e. The molecular weight excluding hydrogens is 354 g/mol. The van der Waals surface area contributed by atoms with Gasteiger partial charge >= 0.3 is 12.1 Å². The summed E-state index contributed by atoms with van der Waals surface area (Å²) >= 11 is 0. The molecular formula is C18H24N3O6. The van der Waals surface area contributed by atoms with Gasteiger partial charge in [-0.1, -0.05) is 35.4 Å². The first-order valence-corrected chi connectivity index (χ1v) is 8.49. The number of nitrogens with one attached hydrogen (secondary N) is 1. The number of ether oxygens (including phenoxy) is 1. The van der Waals surface area contributed by atoms with Gasteiger partial charge in [-0.2, -0.15) is 0 Å². The summed E-state index contributed by atoms with van der Waals surface area (Å²) in [7, 11) is 0. The molecule has 0 spiro atoms. The van der Waals surface area contributed by atoms with Gasteiger partial charge in [0.25, 0.3) is 5.84 Å². The number of carboxylic acids is 1. The lowest BCUT2D eigenvalue weighted by Gasteiger charge is -2.32. The number of amides is 1. The molecule has 0 unspecified atom stereocenters. The number of nitrogens with zero attached hydrogens (tertiary/aromatic N) is 2. The first-order chi connectivity index (χ1) is 12.5. The monoisotopic (exact) mass is 378 g/mol. The van der Waals surface area contributed by atoms with Crippen molar-refractivity contribution in [1.29, 1.82) is 0 Å². The summed E-state index contributed by atoms with van der Waals surface area (Å²) in [6.45, 7) is 6.39. The minimum absolute atomic E-state index is 0.0307. The van der Waals surface area contributed by atoms with Gasteiger partial charge in [0.05, 0.1) is 6.42 Å². The highest BCUT2D eigenvalue weighted by Gasteiger charge is 2.59. The smallest absolute Gasteiger partial charge is 0.408 e. The topological polar surface area (TPSA) is 125 Å². The van der Waals surface area contributed by atoms with E-state index in [1.807, 2.05) is 6.07 Å². The third kappa shape index (κ3) is 3.97. The Morgan fingerprint density at radius 2 is 1.85 bits per heavy atom. The molecule has 0 fully saturated rings. The highest BCUT2D eigenvalue weighted by Crippen LogP contribution is 2.36. The second-order valence-corrected chi connectivity index (χ2v) is 7.42. The Kier molecular flexibility index (Phi) is 5.65. The Morgan fingerprint density at radius 3 is 2.33 bits per heavy atom. The number of alkyl carbamates (subject to hydrolysis) is 1. The van der Waals surface area contributed by atoms with Gasteiger partial charge in [-0.05, 0) is 33.3 Å². The number of hydrogen-bond donors (Lipinski definition) is 2. The highest BCUT2D eigenvalue weighted by molar-refractivity contribution is 5.88. The molecule has 1 aromatic carbocycles.